The quantitative estimate of drug-likeness (QED) is 0.202. The molecule has 0 saturated carbocycles. The van der Waals surface area contributed by atoms with Gasteiger partial charge in [0.25, 0.3) is 0 Å². The number of benzene rings is 3. The van der Waals surface area contributed by atoms with E-state index < -0.39 is 5.92 Å². The molecular weight excluding hydrogens is 520 g/mol. The van der Waals surface area contributed by atoms with Crippen molar-refractivity contribution in [1.29, 1.82) is 0 Å². The maximum absolute atomic E-state index is 13.1. The molecule has 0 bridgehead atoms. The number of hydrogen-bond acceptors (Lipinski definition) is 7. The van der Waals surface area contributed by atoms with Crippen LogP contribution in [-0.2, 0) is 20.7 Å². The second-order valence-electron chi connectivity index (χ2n) is 11.3. The average molecular weight is 561 g/mol. The smallest absolute Gasteiger partial charge is 0.318 e. The summed E-state index contributed by atoms with van der Waals surface area (Å²) in [4.78, 5) is 13.1. The highest BCUT2D eigenvalue weighted by atomic mass is 16.6. The molecule has 2 aliphatic rings. The highest BCUT2D eigenvalue weighted by Gasteiger charge is 2.48. The van der Waals surface area contributed by atoms with Crippen LogP contribution in [0.3, 0.4) is 0 Å². The van der Waals surface area contributed by atoms with Gasteiger partial charge in [0.2, 0.25) is 0 Å². The molecule has 0 aliphatic carbocycles. The molecule has 2 saturated heterocycles. The van der Waals surface area contributed by atoms with Crippen molar-refractivity contribution in [3.63, 3.8) is 0 Å². The van der Waals surface area contributed by atoms with Gasteiger partial charge < -0.3 is 28.4 Å². The molecule has 0 aromatic heterocycles. The lowest BCUT2D eigenvalue weighted by Gasteiger charge is -2.19. The lowest BCUT2D eigenvalue weighted by atomic mass is 9.85. The summed E-state index contributed by atoms with van der Waals surface area (Å²) < 4.78 is 34.9. The van der Waals surface area contributed by atoms with Crippen LogP contribution in [0.1, 0.15) is 61.2 Å². The summed E-state index contributed by atoms with van der Waals surface area (Å²) in [5.41, 5.74) is 4.21. The average Bonchev–Trinajstić information content (AvgIpc) is 3.59. The first-order valence-corrected chi connectivity index (χ1v) is 14.3. The Hall–Kier alpha value is -3.55. The minimum absolute atomic E-state index is 0.0899. The van der Waals surface area contributed by atoms with E-state index in [-0.39, 0.29) is 30.0 Å². The third-order valence-corrected chi connectivity index (χ3v) is 8.20. The van der Waals surface area contributed by atoms with Crippen LogP contribution in [0.2, 0.25) is 0 Å². The van der Waals surface area contributed by atoms with E-state index in [0.717, 1.165) is 23.1 Å². The molecule has 3 aromatic rings. The van der Waals surface area contributed by atoms with E-state index in [4.69, 9.17) is 28.4 Å². The summed E-state index contributed by atoms with van der Waals surface area (Å²) >= 11 is 0. The monoisotopic (exact) mass is 560 g/mol. The molecule has 0 amide bonds. The zero-order valence-electron chi connectivity index (χ0n) is 24.7. The molecular formula is C34H40O7. The minimum atomic E-state index is -0.407. The Labute approximate surface area is 242 Å². The molecule has 2 aliphatic heterocycles. The van der Waals surface area contributed by atoms with E-state index in [0.29, 0.717) is 42.1 Å². The summed E-state index contributed by atoms with van der Waals surface area (Å²) in [5.74, 6) is 2.50. The zero-order chi connectivity index (χ0) is 29.1. The van der Waals surface area contributed by atoms with E-state index in [1.807, 2.05) is 49.4 Å². The molecule has 4 unspecified atom stereocenters. The highest BCUT2D eigenvalue weighted by Crippen LogP contribution is 2.51. The second-order valence-corrected chi connectivity index (χ2v) is 11.3. The number of ether oxygens (including phenoxy) is 6. The molecule has 0 spiro atoms. The van der Waals surface area contributed by atoms with Gasteiger partial charge in [-0.2, -0.15) is 0 Å². The molecule has 0 N–H and O–H groups in total. The van der Waals surface area contributed by atoms with Crippen molar-refractivity contribution in [2.45, 2.75) is 45.3 Å². The van der Waals surface area contributed by atoms with Crippen molar-refractivity contribution in [1.82, 2.24) is 0 Å². The first-order chi connectivity index (χ1) is 19.8. The van der Waals surface area contributed by atoms with Crippen LogP contribution in [0.4, 0.5) is 0 Å². The Balaban J connectivity index is 1.27. The van der Waals surface area contributed by atoms with E-state index in [1.165, 1.54) is 5.56 Å². The lowest BCUT2D eigenvalue weighted by molar-refractivity contribution is -0.135. The second kappa shape index (κ2) is 12.5. The number of methoxy groups -OCH3 is 3. The first-order valence-electron chi connectivity index (χ1n) is 14.3. The van der Waals surface area contributed by atoms with Crippen LogP contribution >= 0.6 is 0 Å². The van der Waals surface area contributed by atoms with E-state index in [1.54, 1.807) is 27.4 Å². The number of fused-ring (bicyclic) bond motifs is 1. The topological polar surface area (TPSA) is 72.5 Å². The van der Waals surface area contributed by atoms with Gasteiger partial charge in [0, 0.05) is 11.8 Å². The number of carbonyl (C=O) groups excluding carboxylic acids is 1. The van der Waals surface area contributed by atoms with Crippen molar-refractivity contribution >= 4 is 5.97 Å². The lowest BCUT2D eigenvalue weighted by Crippen LogP contribution is -2.17. The van der Waals surface area contributed by atoms with Crippen LogP contribution in [0.5, 0.6) is 23.0 Å². The van der Waals surface area contributed by atoms with Gasteiger partial charge in [0.05, 0.1) is 52.7 Å². The van der Waals surface area contributed by atoms with E-state index in [2.05, 4.69) is 26.0 Å². The number of carbonyl (C=O) groups is 1. The first kappa shape index (κ1) is 29.0. The van der Waals surface area contributed by atoms with E-state index in [9.17, 15) is 4.79 Å². The minimum Gasteiger partial charge on any atom is -0.493 e. The van der Waals surface area contributed by atoms with Crippen LogP contribution in [0.15, 0.2) is 60.7 Å². The third kappa shape index (κ3) is 6.07. The largest absolute Gasteiger partial charge is 0.493 e. The maximum Gasteiger partial charge on any atom is 0.318 e. The summed E-state index contributed by atoms with van der Waals surface area (Å²) in [5, 5.41) is 0. The van der Waals surface area contributed by atoms with Crippen LogP contribution in [-0.4, -0.2) is 40.5 Å². The molecule has 3 aromatic carbocycles. The van der Waals surface area contributed by atoms with Gasteiger partial charge in [0.1, 0.15) is 0 Å². The fourth-order valence-electron chi connectivity index (χ4n) is 5.96. The van der Waals surface area contributed by atoms with Crippen molar-refractivity contribution in [2.24, 2.45) is 17.8 Å². The van der Waals surface area contributed by atoms with Crippen molar-refractivity contribution in [2.75, 3.05) is 34.5 Å². The Morgan fingerprint density at radius 3 is 1.76 bits per heavy atom. The molecule has 2 heterocycles. The zero-order valence-corrected chi connectivity index (χ0v) is 24.7. The number of esters is 1. The Morgan fingerprint density at radius 1 is 0.732 bits per heavy atom. The van der Waals surface area contributed by atoms with Crippen LogP contribution < -0.4 is 18.9 Å². The molecule has 0 radical (unpaired) electrons. The molecule has 5 atom stereocenters. The van der Waals surface area contributed by atoms with E-state index >= 15 is 0 Å². The Morgan fingerprint density at radius 2 is 1.24 bits per heavy atom. The number of hydrogen-bond donors (Lipinski definition) is 0. The Kier molecular flexibility index (Phi) is 8.85. The molecule has 41 heavy (non-hydrogen) atoms. The standard InChI is InChI=1S/C34H40O7/c1-20(2)15-22-7-9-23(10-8-22)21(3)34(35)41-29-14-12-25(17-31(29)38-6)33-27-19-39-32(26(27)18-40-33)24-11-13-28(36-4)30(16-24)37-5/h7-14,16-17,20-21,26-27,32-33H,15,18-19H2,1-6H3/t21?,26?,27?,32?,33-/m0/s1. The maximum atomic E-state index is 13.1. The van der Waals surface area contributed by atoms with Crippen molar-refractivity contribution in [3.8, 4) is 23.0 Å². The van der Waals surface area contributed by atoms with Gasteiger partial charge in [-0.3, -0.25) is 4.79 Å². The predicted octanol–water partition coefficient (Wildman–Crippen LogP) is 6.70. The number of rotatable bonds is 10. The van der Waals surface area contributed by atoms with Crippen LogP contribution in [0, 0.1) is 17.8 Å². The van der Waals surface area contributed by atoms with Gasteiger partial charge in [-0.1, -0.05) is 50.2 Å². The summed E-state index contributed by atoms with van der Waals surface area (Å²) in [6.07, 6.45) is 0.776. The third-order valence-electron chi connectivity index (χ3n) is 8.20. The fourth-order valence-corrected chi connectivity index (χ4v) is 5.96. The highest BCUT2D eigenvalue weighted by molar-refractivity contribution is 5.80. The van der Waals surface area contributed by atoms with Gasteiger partial charge in [-0.25, -0.2) is 0 Å². The van der Waals surface area contributed by atoms with Crippen LogP contribution in [0.25, 0.3) is 0 Å². The normalized spacial score (nSPS) is 22.3. The van der Waals surface area contributed by atoms with Gasteiger partial charge in [0.15, 0.2) is 23.0 Å². The van der Waals surface area contributed by atoms with Gasteiger partial charge in [-0.05, 0) is 65.8 Å². The van der Waals surface area contributed by atoms with Gasteiger partial charge in [-0.15, -0.1) is 0 Å². The molecule has 7 nitrogen and oxygen atoms in total. The summed E-state index contributed by atoms with van der Waals surface area (Å²) in [6, 6.07) is 19.8. The van der Waals surface area contributed by atoms with Crippen molar-refractivity contribution in [3.05, 3.63) is 82.9 Å². The van der Waals surface area contributed by atoms with Gasteiger partial charge >= 0.3 is 5.97 Å². The summed E-state index contributed by atoms with van der Waals surface area (Å²) in [7, 11) is 4.84. The fraction of sp³-hybridized carbons (Fsp3) is 0.441. The molecule has 218 valence electrons. The SMILES string of the molecule is COc1ccc(C2OCC3C2CO[C@H]3c2ccc(OC(=O)C(C)c3ccc(CC(C)C)cc3)c(OC)c2)cc1OC. The predicted molar refractivity (Wildman–Crippen MR) is 156 cm³/mol. The Bertz CT molecular complexity index is 1350. The van der Waals surface area contributed by atoms with Crippen molar-refractivity contribution < 1.29 is 33.2 Å². The molecule has 7 heteroatoms. The summed E-state index contributed by atoms with van der Waals surface area (Å²) in [6.45, 7) is 7.42. The molecule has 5 rings (SSSR count). The molecule has 2 fully saturated rings.